The van der Waals surface area contributed by atoms with Crippen molar-refractivity contribution >= 4 is 17.8 Å². The zero-order valence-corrected chi connectivity index (χ0v) is 8.00. The highest BCUT2D eigenvalue weighted by atomic mass is 16.5. The van der Waals surface area contributed by atoms with Gasteiger partial charge in [-0.05, 0) is 13.3 Å². The van der Waals surface area contributed by atoms with Crippen molar-refractivity contribution < 1.29 is 14.3 Å². The molecular formula is C8H13N3O3. The molecule has 1 aliphatic heterocycles. The molecule has 6 heteroatoms. The first kappa shape index (κ1) is 10.6. The van der Waals surface area contributed by atoms with Crippen molar-refractivity contribution in [3.63, 3.8) is 0 Å². The van der Waals surface area contributed by atoms with Gasteiger partial charge in [0.15, 0.2) is 0 Å². The summed E-state index contributed by atoms with van der Waals surface area (Å²) in [5.41, 5.74) is 0. The maximum Gasteiger partial charge on any atom is 0.316 e. The third-order valence-corrected chi connectivity index (χ3v) is 1.59. The van der Waals surface area contributed by atoms with E-state index in [1.807, 2.05) is 6.92 Å². The lowest BCUT2D eigenvalue weighted by molar-refractivity contribution is -0.135. The van der Waals surface area contributed by atoms with Crippen molar-refractivity contribution in [1.82, 2.24) is 10.6 Å². The minimum absolute atomic E-state index is 0.233. The van der Waals surface area contributed by atoms with E-state index in [9.17, 15) is 9.59 Å². The van der Waals surface area contributed by atoms with Gasteiger partial charge in [-0.1, -0.05) is 0 Å². The van der Waals surface area contributed by atoms with E-state index in [1.165, 1.54) is 0 Å². The Bertz CT molecular complexity index is 245. The Morgan fingerprint density at radius 2 is 1.93 bits per heavy atom. The number of rotatable bonds is 5. The largest absolute Gasteiger partial charge is 0.382 e. The Hall–Kier alpha value is -1.43. The SMILES string of the molecule is CCOCCCN=C1NC(=O)C(=O)N1. The van der Waals surface area contributed by atoms with Gasteiger partial charge in [0.05, 0.1) is 0 Å². The van der Waals surface area contributed by atoms with Crippen LogP contribution in [0.4, 0.5) is 0 Å². The minimum Gasteiger partial charge on any atom is -0.382 e. The van der Waals surface area contributed by atoms with Crippen LogP contribution in [0.5, 0.6) is 0 Å². The quantitative estimate of drug-likeness (QED) is 0.441. The lowest BCUT2D eigenvalue weighted by Crippen LogP contribution is -2.25. The van der Waals surface area contributed by atoms with E-state index < -0.39 is 11.8 Å². The fourth-order valence-electron chi connectivity index (χ4n) is 0.941. The van der Waals surface area contributed by atoms with Gasteiger partial charge in [0.1, 0.15) is 0 Å². The first-order valence-electron chi connectivity index (χ1n) is 4.48. The molecule has 0 unspecified atom stereocenters. The number of guanidine groups is 1. The molecule has 6 nitrogen and oxygen atoms in total. The molecule has 0 radical (unpaired) electrons. The summed E-state index contributed by atoms with van der Waals surface area (Å²) in [4.78, 5) is 25.4. The maximum absolute atomic E-state index is 10.7. The van der Waals surface area contributed by atoms with E-state index >= 15 is 0 Å². The molecule has 0 saturated carbocycles. The van der Waals surface area contributed by atoms with Crippen molar-refractivity contribution in [2.24, 2.45) is 4.99 Å². The second-order valence-electron chi connectivity index (χ2n) is 2.69. The first-order chi connectivity index (χ1) is 6.74. The fourth-order valence-corrected chi connectivity index (χ4v) is 0.941. The minimum atomic E-state index is -0.659. The van der Waals surface area contributed by atoms with Crippen LogP contribution in [-0.2, 0) is 14.3 Å². The van der Waals surface area contributed by atoms with Crippen LogP contribution >= 0.6 is 0 Å². The number of nitrogens with one attached hydrogen (secondary N) is 2. The average Bonchev–Trinajstić information content (AvgIpc) is 2.46. The Morgan fingerprint density at radius 1 is 1.29 bits per heavy atom. The lowest BCUT2D eigenvalue weighted by Gasteiger charge is -1.98. The van der Waals surface area contributed by atoms with Gasteiger partial charge in [0.2, 0.25) is 5.96 Å². The zero-order chi connectivity index (χ0) is 10.4. The Labute approximate surface area is 81.7 Å². The Balaban J connectivity index is 2.19. The van der Waals surface area contributed by atoms with Gasteiger partial charge in [0, 0.05) is 19.8 Å². The number of nitrogens with zero attached hydrogens (tertiary/aromatic N) is 1. The molecule has 1 aliphatic rings. The molecule has 1 rings (SSSR count). The van der Waals surface area contributed by atoms with Gasteiger partial charge in [0.25, 0.3) is 0 Å². The van der Waals surface area contributed by atoms with Gasteiger partial charge >= 0.3 is 11.8 Å². The van der Waals surface area contributed by atoms with E-state index in [4.69, 9.17) is 4.74 Å². The Kier molecular flexibility index (Phi) is 4.06. The first-order valence-corrected chi connectivity index (χ1v) is 4.48. The molecule has 1 heterocycles. The number of carbonyl (C=O) groups is 2. The van der Waals surface area contributed by atoms with Gasteiger partial charge in [-0.3, -0.25) is 25.2 Å². The summed E-state index contributed by atoms with van der Waals surface area (Å²) in [5, 5.41) is 4.61. The molecule has 14 heavy (non-hydrogen) atoms. The molecule has 0 aliphatic carbocycles. The molecule has 0 aromatic rings. The van der Waals surface area contributed by atoms with E-state index in [1.54, 1.807) is 0 Å². The third-order valence-electron chi connectivity index (χ3n) is 1.59. The zero-order valence-electron chi connectivity index (χ0n) is 8.00. The van der Waals surface area contributed by atoms with E-state index in [0.717, 1.165) is 6.42 Å². The number of carbonyl (C=O) groups excluding carboxylic acids is 2. The summed E-state index contributed by atoms with van der Waals surface area (Å²) in [5.74, 6) is -1.08. The molecule has 78 valence electrons. The fraction of sp³-hybridized carbons (Fsp3) is 0.625. The number of aliphatic imine (C=N–C) groups is 1. The van der Waals surface area contributed by atoms with E-state index in [2.05, 4.69) is 15.6 Å². The predicted octanol–water partition coefficient (Wildman–Crippen LogP) is -0.985. The van der Waals surface area contributed by atoms with Crippen molar-refractivity contribution in [2.45, 2.75) is 13.3 Å². The number of hydrogen-bond donors (Lipinski definition) is 2. The highest BCUT2D eigenvalue weighted by Crippen LogP contribution is 1.87. The van der Waals surface area contributed by atoms with Crippen LogP contribution in [-0.4, -0.2) is 37.5 Å². The van der Waals surface area contributed by atoms with Crippen LogP contribution in [0.3, 0.4) is 0 Å². The molecule has 0 atom stereocenters. The topological polar surface area (TPSA) is 79.8 Å². The highest BCUT2D eigenvalue weighted by Gasteiger charge is 2.24. The second kappa shape index (κ2) is 5.33. The predicted molar refractivity (Wildman–Crippen MR) is 49.7 cm³/mol. The van der Waals surface area contributed by atoms with Crippen LogP contribution in [0.2, 0.25) is 0 Å². The van der Waals surface area contributed by atoms with Crippen LogP contribution in [0.15, 0.2) is 4.99 Å². The molecular weight excluding hydrogens is 186 g/mol. The second-order valence-corrected chi connectivity index (χ2v) is 2.69. The molecule has 2 N–H and O–H groups in total. The van der Waals surface area contributed by atoms with E-state index in [-0.39, 0.29) is 5.96 Å². The summed E-state index contributed by atoms with van der Waals surface area (Å²) in [6.07, 6.45) is 0.767. The van der Waals surface area contributed by atoms with Crippen molar-refractivity contribution in [1.29, 1.82) is 0 Å². The van der Waals surface area contributed by atoms with Crippen molar-refractivity contribution in [3.8, 4) is 0 Å². The summed E-state index contributed by atoms with van der Waals surface area (Å²) >= 11 is 0. The van der Waals surface area contributed by atoms with Gasteiger partial charge in [-0.2, -0.15) is 0 Å². The van der Waals surface area contributed by atoms with Crippen molar-refractivity contribution in [2.75, 3.05) is 19.8 Å². The summed E-state index contributed by atoms with van der Waals surface area (Å²) in [6.45, 7) is 3.76. The molecule has 0 aromatic carbocycles. The van der Waals surface area contributed by atoms with Crippen LogP contribution in [0.25, 0.3) is 0 Å². The number of ether oxygens (including phenoxy) is 1. The van der Waals surface area contributed by atoms with Gasteiger partial charge in [-0.15, -0.1) is 0 Å². The molecule has 2 amide bonds. The summed E-state index contributed by atoms with van der Waals surface area (Å²) in [7, 11) is 0. The molecule has 0 bridgehead atoms. The summed E-state index contributed by atoms with van der Waals surface area (Å²) < 4.78 is 5.10. The number of amides is 2. The highest BCUT2D eigenvalue weighted by molar-refractivity contribution is 6.45. The number of hydrogen-bond acceptors (Lipinski definition) is 4. The van der Waals surface area contributed by atoms with Crippen LogP contribution in [0.1, 0.15) is 13.3 Å². The monoisotopic (exact) mass is 199 g/mol. The van der Waals surface area contributed by atoms with Crippen LogP contribution in [0, 0.1) is 0 Å². The van der Waals surface area contributed by atoms with E-state index in [0.29, 0.717) is 19.8 Å². The van der Waals surface area contributed by atoms with Crippen LogP contribution < -0.4 is 10.6 Å². The summed E-state index contributed by atoms with van der Waals surface area (Å²) in [6, 6.07) is 0. The molecule has 1 saturated heterocycles. The maximum atomic E-state index is 10.7. The van der Waals surface area contributed by atoms with Gasteiger partial charge in [-0.25, -0.2) is 0 Å². The Morgan fingerprint density at radius 3 is 2.50 bits per heavy atom. The normalized spacial score (nSPS) is 15.4. The standard InChI is InChI=1S/C8H13N3O3/c1-2-14-5-3-4-9-8-10-6(12)7(13)11-8/h2-5H2,1H3,(H2,9,10,11,12,13). The molecule has 0 aromatic heterocycles. The smallest absolute Gasteiger partial charge is 0.316 e. The van der Waals surface area contributed by atoms with Crippen molar-refractivity contribution in [3.05, 3.63) is 0 Å². The third kappa shape index (κ3) is 3.14. The average molecular weight is 199 g/mol. The molecule has 1 fully saturated rings. The van der Waals surface area contributed by atoms with Gasteiger partial charge < -0.3 is 4.74 Å². The lowest BCUT2D eigenvalue weighted by atomic mass is 10.5. The molecule has 0 spiro atoms.